The third-order valence-corrected chi connectivity index (χ3v) is 3.52. The summed E-state index contributed by atoms with van der Waals surface area (Å²) in [4.78, 5) is 24.6. The Kier molecular flexibility index (Phi) is 6.13. The first kappa shape index (κ1) is 18.0. The van der Waals surface area contributed by atoms with E-state index < -0.39 is 18.0 Å². The maximum absolute atomic E-state index is 12.3. The highest BCUT2D eigenvalue weighted by Gasteiger charge is 2.21. The number of rotatable bonds is 6. The number of hydrogen-bond acceptors (Lipinski definition) is 5. The van der Waals surface area contributed by atoms with E-state index >= 15 is 0 Å². The molecule has 0 bridgehead atoms. The number of nitrogens with one attached hydrogen (secondary N) is 1. The minimum atomic E-state index is -1.01. The van der Waals surface area contributed by atoms with Gasteiger partial charge >= 0.3 is 5.97 Å². The Balaban J connectivity index is 2.06. The van der Waals surface area contributed by atoms with Gasteiger partial charge in [-0.3, -0.25) is 4.79 Å². The Labute approximate surface area is 146 Å². The zero-order valence-electron chi connectivity index (χ0n) is 14.0. The number of anilines is 1. The van der Waals surface area contributed by atoms with Gasteiger partial charge in [-0.1, -0.05) is 30.3 Å². The topological polar surface area (TPSA) is 88.4 Å². The number of carbonyl (C=O) groups excluding carboxylic acids is 2. The molecule has 2 aromatic carbocycles. The summed E-state index contributed by atoms with van der Waals surface area (Å²) in [6, 6.07) is 15.6. The van der Waals surface area contributed by atoms with E-state index in [1.54, 1.807) is 48.5 Å². The van der Waals surface area contributed by atoms with Crippen molar-refractivity contribution in [1.82, 2.24) is 0 Å². The van der Waals surface area contributed by atoms with Crippen molar-refractivity contribution in [3.63, 3.8) is 0 Å². The zero-order valence-corrected chi connectivity index (χ0v) is 14.0. The predicted molar refractivity (Wildman–Crippen MR) is 92.3 cm³/mol. The fraction of sp³-hybridized carbons (Fsp3) is 0.211. The van der Waals surface area contributed by atoms with Crippen molar-refractivity contribution >= 4 is 17.6 Å². The largest absolute Gasteiger partial charge is 0.495 e. The highest BCUT2D eigenvalue weighted by Crippen LogP contribution is 2.23. The number of amides is 1. The van der Waals surface area contributed by atoms with Crippen molar-refractivity contribution in [3.05, 3.63) is 59.7 Å². The van der Waals surface area contributed by atoms with Crippen LogP contribution in [0.4, 0.5) is 5.69 Å². The smallest absolute Gasteiger partial charge is 0.339 e. The van der Waals surface area contributed by atoms with Crippen LogP contribution in [0, 0.1) is 11.3 Å². The lowest BCUT2D eigenvalue weighted by Gasteiger charge is -2.15. The number of para-hydroxylation sites is 2. The lowest BCUT2D eigenvalue weighted by atomic mass is 10.1. The average Bonchev–Trinajstić information content (AvgIpc) is 2.62. The van der Waals surface area contributed by atoms with Gasteiger partial charge in [-0.15, -0.1) is 0 Å². The summed E-state index contributed by atoms with van der Waals surface area (Å²) < 4.78 is 10.4. The number of methoxy groups -OCH3 is 1. The summed E-state index contributed by atoms with van der Waals surface area (Å²) in [7, 11) is 1.50. The molecule has 0 radical (unpaired) electrons. The van der Waals surface area contributed by atoms with Crippen LogP contribution < -0.4 is 10.1 Å². The second-order valence-electron chi connectivity index (χ2n) is 5.23. The van der Waals surface area contributed by atoms with Crippen LogP contribution in [0.15, 0.2) is 48.5 Å². The molecule has 0 fully saturated rings. The second kappa shape index (κ2) is 8.50. The molecule has 0 heterocycles. The van der Waals surface area contributed by atoms with Gasteiger partial charge in [0.2, 0.25) is 0 Å². The third kappa shape index (κ3) is 4.58. The maximum atomic E-state index is 12.3. The van der Waals surface area contributed by atoms with Crippen LogP contribution in [0.2, 0.25) is 0 Å². The fourth-order valence-electron chi connectivity index (χ4n) is 2.22. The van der Waals surface area contributed by atoms with Gasteiger partial charge < -0.3 is 14.8 Å². The Morgan fingerprint density at radius 3 is 2.56 bits per heavy atom. The summed E-state index contributed by atoms with van der Waals surface area (Å²) in [6.07, 6.45) is -0.917. The van der Waals surface area contributed by atoms with Crippen molar-refractivity contribution in [1.29, 1.82) is 5.26 Å². The van der Waals surface area contributed by atoms with Gasteiger partial charge in [0.15, 0.2) is 6.10 Å². The number of esters is 1. The molecule has 128 valence electrons. The van der Waals surface area contributed by atoms with Gasteiger partial charge in [-0.2, -0.15) is 5.26 Å². The molecule has 1 amide bonds. The monoisotopic (exact) mass is 338 g/mol. The molecule has 0 unspecified atom stereocenters. The quantitative estimate of drug-likeness (QED) is 0.818. The minimum absolute atomic E-state index is 0.0903. The van der Waals surface area contributed by atoms with Crippen molar-refractivity contribution in [2.24, 2.45) is 0 Å². The van der Waals surface area contributed by atoms with E-state index in [2.05, 4.69) is 5.32 Å². The van der Waals surface area contributed by atoms with Crippen LogP contribution in [0.1, 0.15) is 22.8 Å². The van der Waals surface area contributed by atoms with Gasteiger partial charge in [0.05, 0.1) is 30.9 Å². The molecule has 25 heavy (non-hydrogen) atoms. The summed E-state index contributed by atoms with van der Waals surface area (Å²) in [5.41, 5.74) is 1.33. The third-order valence-electron chi connectivity index (χ3n) is 3.52. The number of nitriles is 1. The first-order chi connectivity index (χ1) is 12.1. The molecule has 0 saturated heterocycles. The van der Waals surface area contributed by atoms with Gasteiger partial charge in [-0.05, 0) is 30.7 Å². The molecule has 1 N–H and O–H groups in total. The molecule has 0 aliphatic carbocycles. The zero-order chi connectivity index (χ0) is 18.2. The van der Waals surface area contributed by atoms with Crippen LogP contribution in [0.3, 0.4) is 0 Å². The summed E-state index contributed by atoms with van der Waals surface area (Å²) in [5.74, 6) is -0.613. The standard InChI is InChI=1S/C19H18N2O4/c1-13(18(22)21-16-9-5-6-10-17(16)24-2)25-19(23)15-8-4-3-7-14(15)11-12-20/h3-10,13H,11H2,1-2H3,(H,21,22)/t13-/m0/s1. The van der Waals surface area contributed by atoms with Crippen LogP contribution in [-0.2, 0) is 16.0 Å². The summed E-state index contributed by atoms with van der Waals surface area (Å²) in [5, 5.41) is 11.5. The van der Waals surface area contributed by atoms with E-state index in [4.69, 9.17) is 14.7 Å². The Bertz CT molecular complexity index is 811. The second-order valence-corrected chi connectivity index (χ2v) is 5.23. The fourth-order valence-corrected chi connectivity index (χ4v) is 2.22. The number of hydrogen-bond donors (Lipinski definition) is 1. The predicted octanol–water partition coefficient (Wildman–Crippen LogP) is 2.95. The number of ether oxygens (including phenoxy) is 2. The molecule has 0 spiro atoms. The Morgan fingerprint density at radius 1 is 1.16 bits per heavy atom. The highest BCUT2D eigenvalue weighted by molar-refractivity contribution is 5.98. The normalized spacial score (nSPS) is 11.1. The SMILES string of the molecule is COc1ccccc1NC(=O)[C@H](C)OC(=O)c1ccccc1CC#N. The van der Waals surface area contributed by atoms with Crippen molar-refractivity contribution in [3.8, 4) is 11.8 Å². The number of benzene rings is 2. The number of carbonyl (C=O) groups is 2. The maximum Gasteiger partial charge on any atom is 0.339 e. The van der Waals surface area contributed by atoms with Crippen LogP contribution in [0.25, 0.3) is 0 Å². The number of nitrogens with zero attached hydrogens (tertiary/aromatic N) is 1. The highest BCUT2D eigenvalue weighted by atomic mass is 16.5. The van der Waals surface area contributed by atoms with Gasteiger partial charge in [0.1, 0.15) is 5.75 Å². The summed E-state index contributed by atoms with van der Waals surface area (Å²) in [6.45, 7) is 1.48. The van der Waals surface area contributed by atoms with E-state index in [-0.39, 0.29) is 12.0 Å². The van der Waals surface area contributed by atoms with Crippen molar-refractivity contribution < 1.29 is 19.1 Å². The molecule has 1 atom stereocenters. The average molecular weight is 338 g/mol. The Hall–Kier alpha value is -3.33. The Morgan fingerprint density at radius 2 is 1.84 bits per heavy atom. The van der Waals surface area contributed by atoms with Crippen molar-refractivity contribution in [2.45, 2.75) is 19.4 Å². The molecule has 2 aromatic rings. The van der Waals surface area contributed by atoms with Crippen LogP contribution in [0.5, 0.6) is 5.75 Å². The lowest BCUT2D eigenvalue weighted by Crippen LogP contribution is -2.30. The molecule has 6 heteroatoms. The summed E-state index contributed by atoms with van der Waals surface area (Å²) >= 11 is 0. The minimum Gasteiger partial charge on any atom is -0.495 e. The lowest BCUT2D eigenvalue weighted by molar-refractivity contribution is -0.123. The van der Waals surface area contributed by atoms with Gasteiger partial charge in [0.25, 0.3) is 5.91 Å². The molecule has 0 aliphatic heterocycles. The molecular formula is C19H18N2O4. The van der Waals surface area contributed by atoms with Crippen LogP contribution in [-0.4, -0.2) is 25.1 Å². The first-order valence-corrected chi connectivity index (χ1v) is 7.66. The first-order valence-electron chi connectivity index (χ1n) is 7.66. The van der Waals surface area contributed by atoms with Gasteiger partial charge in [-0.25, -0.2) is 4.79 Å². The van der Waals surface area contributed by atoms with Gasteiger partial charge in [0, 0.05) is 0 Å². The van der Waals surface area contributed by atoms with E-state index in [1.165, 1.54) is 14.0 Å². The van der Waals surface area contributed by atoms with Crippen molar-refractivity contribution in [2.75, 3.05) is 12.4 Å². The van der Waals surface area contributed by atoms with E-state index in [0.717, 1.165) is 0 Å². The molecule has 2 rings (SSSR count). The van der Waals surface area contributed by atoms with E-state index in [0.29, 0.717) is 17.0 Å². The molecule has 0 aromatic heterocycles. The molecule has 0 aliphatic rings. The van der Waals surface area contributed by atoms with E-state index in [1.807, 2.05) is 6.07 Å². The molecular weight excluding hydrogens is 320 g/mol. The molecule has 6 nitrogen and oxygen atoms in total. The van der Waals surface area contributed by atoms with Crippen LogP contribution >= 0.6 is 0 Å². The molecule has 0 saturated carbocycles. The van der Waals surface area contributed by atoms with E-state index in [9.17, 15) is 9.59 Å².